The van der Waals surface area contributed by atoms with Crippen molar-refractivity contribution in [2.45, 2.75) is 104 Å². The van der Waals surface area contributed by atoms with Crippen molar-refractivity contribution in [2.75, 3.05) is 0 Å². The molecule has 4 nitrogen and oxygen atoms in total. The van der Waals surface area contributed by atoms with Crippen LogP contribution in [0.15, 0.2) is 34.3 Å². The Labute approximate surface area is 205 Å². The second-order valence-electron chi connectivity index (χ2n) is 9.93. The van der Waals surface area contributed by atoms with E-state index < -0.39 is 0 Å². The third kappa shape index (κ3) is 7.19. The van der Waals surface area contributed by atoms with Crippen molar-refractivity contribution >= 4 is 12.4 Å². The van der Waals surface area contributed by atoms with Crippen molar-refractivity contribution in [3.8, 4) is 11.5 Å². The SMILES string of the molecule is CCCCc1cc(C)c(O)c(C=NC2CCC(N=Cc3cc(CCCC)cc(C)c3O)CC2)c1. The lowest BCUT2D eigenvalue weighted by atomic mass is 9.92. The molecule has 0 radical (unpaired) electrons. The van der Waals surface area contributed by atoms with Crippen molar-refractivity contribution in [1.29, 1.82) is 0 Å². The fraction of sp³-hybridized carbons (Fsp3) is 0.533. The number of phenols is 2. The zero-order valence-corrected chi connectivity index (χ0v) is 21.5. The van der Waals surface area contributed by atoms with Gasteiger partial charge in [-0.3, -0.25) is 9.98 Å². The van der Waals surface area contributed by atoms with Gasteiger partial charge in [0.15, 0.2) is 0 Å². The molecule has 184 valence electrons. The zero-order chi connectivity index (χ0) is 24.5. The van der Waals surface area contributed by atoms with Gasteiger partial charge in [-0.2, -0.15) is 0 Å². The molecule has 2 aromatic rings. The quantitative estimate of drug-likeness (QED) is 0.365. The maximum atomic E-state index is 10.5. The van der Waals surface area contributed by atoms with Crippen LogP contribution in [0.4, 0.5) is 0 Å². The summed E-state index contributed by atoms with van der Waals surface area (Å²) in [4.78, 5) is 9.64. The van der Waals surface area contributed by atoms with Gasteiger partial charge in [-0.1, -0.05) is 38.8 Å². The molecule has 1 aliphatic carbocycles. The highest BCUT2D eigenvalue weighted by atomic mass is 16.3. The van der Waals surface area contributed by atoms with Gasteiger partial charge < -0.3 is 10.2 Å². The molecule has 0 amide bonds. The van der Waals surface area contributed by atoms with Gasteiger partial charge in [0.2, 0.25) is 0 Å². The lowest BCUT2D eigenvalue weighted by Crippen LogP contribution is -2.20. The molecule has 1 fully saturated rings. The second-order valence-corrected chi connectivity index (χ2v) is 9.93. The Balaban J connectivity index is 1.59. The van der Waals surface area contributed by atoms with E-state index in [9.17, 15) is 10.2 Å². The molecule has 0 unspecified atom stereocenters. The van der Waals surface area contributed by atoms with E-state index in [0.717, 1.165) is 73.6 Å². The summed E-state index contributed by atoms with van der Waals surface area (Å²) in [6.45, 7) is 8.32. The maximum Gasteiger partial charge on any atom is 0.127 e. The predicted molar refractivity (Wildman–Crippen MR) is 144 cm³/mol. The normalized spacial score (nSPS) is 18.8. The van der Waals surface area contributed by atoms with E-state index in [1.807, 2.05) is 26.3 Å². The van der Waals surface area contributed by atoms with Gasteiger partial charge in [-0.15, -0.1) is 0 Å². The van der Waals surface area contributed by atoms with Crippen LogP contribution < -0.4 is 0 Å². The van der Waals surface area contributed by atoms with Crippen LogP contribution in [-0.4, -0.2) is 34.7 Å². The highest BCUT2D eigenvalue weighted by Crippen LogP contribution is 2.28. The second kappa shape index (κ2) is 12.7. The first kappa shape index (κ1) is 26.0. The largest absolute Gasteiger partial charge is 0.507 e. The highest BCUT2D eigenvalue weighted by molar-refractivity contribution is 5.85. The molecule has 3 rings (SSSR count). The monoisotopic (exact) mass is 462 g/mol. The van der Waals surface area contributed by atoms with Crippen molar-refractivity contribution in [1.82, 2.24) is 0 Å². The Bertz CT molecular complexity index is 920. The number of unbranched alkanes of at least 4 members (excludes halogenated alkanes) is 2. The summed E-state index contributed by atoms with van der Waals surface area (Å²) in [5.41, 5.74) is 6.05. The number of hydrogen-bond donors (Lipinski definition) is 2. The summed E-state index contributed by atoms with van der Waals surface area (Å²) in [7, 11) is 0. The molecule has 0 heterocycles. The molecule has 0 aromatic heterocycles. The van der Waals surface area contributed by atoms with Gasteiger partial charge in [-0.05, 0) is 99.6 Å². The molecular formula is C30H42N2O2. The van der Waals surface area contributed by atoms with E-state index in [1.165, 1.54) is 24.0 Å². The van der Waals surface area contributed by atoms with E-state index in [1.54, 1.807) is 0 Å². The number of rotatable bonds is 10. The Morgan fingerprint density at radius 2 is 1.09 bits per heavy atom. The number of phenolic OH excluding ortho intramolecular Hbond substituents is 2. The average Bonchev–Trinajstić information content (AvgIpc) is 2.84. The first-order valence-corrected chi connectivity index (χ1v) is 13.1. The van der Waals surface area contributed by atoms with Crippen LogP contribution in [0.2, 0.25) is 0 Å². The van der Waals surface area contributed by atoms with Crippen molar-refractivity contribution in [3.05, 3.63) is 57.6 Å². The van der Waals surface area contributed by atoms with E-state index in [2.05, 4.69) is 38.1 Å². The van der Waals surface area contributed by atoms with Gasteiger partial charge >= 0.3 is 0 Å². The lowest BCUT2D eigenvalue weighted by Gasteiger charge is -2.23. The summed E-state index contributed by atoms with van der Waals surface area (Å²) >= 11 is 0. The molecule has 4 heteroatoms. The Kier molecular flexibility index (Phi) is 9.74. The molecule has 2 N–H and O–H groups in total. The van der Waals surface area contributed by atoms with Crippen molar-refractivity contribution in [2.24, 2.45) is 9.98 Å². The van der Waals surface area contributed by atoms with Gasteiger partial charge in [0.05, 0.1) is 12.1 Å². The molecule has 1 saturated carbocycles. The number of aliphatic imine (C=N–C) groups is 2. The minimum atomic E-state index is 0.276. The molecule has 0 atom stereocenters. The smallest absolute Gasteiger partial charge is 0.127 e. The number of hydrogen-bond acceptors (Lipinski definition) is 4. The lowest BCUT2D eigenvalue weighted by molar-refractivity contribution is 0.399. The highest BCUT2D eigenvalue weighted by Gasteiger charge is 2.20. The number of nitrogens with zero attached hydrogens (tertiary/aromatic N) is 2. The summed E-state index contributed by atoms with van der Waals surface area (Å²) in [6, 6.07) is 8.90. The molecule has 0 spiro atoms. The molecule has 0 saturated heterocycles. The van der Waals surface area contributed by atoms with Crippen molar-refractivity contribution in [3.63, 3.8) is 0 Å². The molecular weight excluding hydrogens is 420 g/mol. The molecule has 2 aromatic carbocycles. The first-order chi connectivity index (χ1) is 16.4. The van der Waals surface area contributed by atoms with Crippen LogP contribution in [0.5, 0.6) is 11.5 Å². The minimum absolute atomic E-state index is 0.276. The van der Waals surface area contributed by atoms with Gasteiger partial charge in [0, 0.05) is 23.6 Å². The standard InChI is InChI=1S/C30H42N2O2/c1-5-7-9-23-15-21(3)29(33)25(17-23)19-31-27-11-13-28(14-12-27)32-20-26-18-24(10-8-6-2)16-22(4)30(26)34/h15-20,27-28,33-34H,5-14H2,1-4H3. The van der Waals surface area contributed by atoms with Gasteiger partial charge in [0.1, 0.15) is 11.5 Å². The average molecular weight is 463 g/mol. The van der Waals surface area contributed by atoms with E-state index in [-0.39, 0.29) is 12.1 Å². The molecule has 34 heavy (non-hydrogen) atoms. The van der Waals surface area contributed by atoms with Crippen LogP contribution in [0.3, 0.4) is 0 Å². The summed E-state index contributed by atoms with van der Waals surface area (Å²) in [6.07, 6.45) is 14.4. The Hall–Kier alpha value is -2.62. The van der Waals surface area contributed by atoms with Crippen LogP contribution >= 0.6 is 0 Å². The maximum absolute atomic E-state index is 10.5. The van der Waals surface area contributed by atoms with Gasteiger partial charge in [-0.25, -0.2) is 0 Å². The third-order valence-corrected chi connectivity index (χ3v) is 6.93. The Morgan fingerprint density at radius 3 is 1.44 bits per heavy atom. The molecule has 0 bridgehead atoms. The minimum Gasteiger partial charge on any atom is -0.507 e. The first-order valence-electron chi connectivity index (χ1n) is 13.1. The zero-order valence-electron chi connectivity index (χ0n) is 21.5. The van der Waals surface area contributed by atoms with Crippen molar-refractivity contribution < 1.29 is 10.2 Å². The number of aromatic hydroxyl groups is 2. The van der Waals surface area contributed by atoms with E-state index in [0.29, 0.717) is 11.5 Å². The molecule has 1 aliphatic rings. The number of aryl methyl sites for hydroxylation is 4. The Morgan fingerprint density at radius 1 is 0.706 bits per heavy atom. The third-order valence-electron chi connectivity index (χ3n) is 6.93. The van der Waals surface area contributed by atoms with Crippen LogP contribution in [0.25, 0.3) is 0 Å². The van der Waals surface area contributed by atoms with E-state index in [4.69, 9.17) is 9.98 Å². The topological polar surface area (TPSA) is 65.2 Å². The summed E-state index contributed by atoms with van der Waals surface area (Å²) in [5.74, 6) is 0.692. The van der Waals surface area contributed by atoms with Crippen LogP contribution in [0.1, 0.15) is 98.6 Å². The summed E-state index contributed by atoms with van der Waals surface area (Å²) in [5, 5.41) is 21.0. The van der Waals surface area contributed by atoms with Crippen LogP contribution in [0, 0.1) is 13.8 Å². The summed E-state index contributed by atoms with van der Waals surface area (Å²) < 4.78 is 0. The fourth-order valence-corrected chi connectivity index (χ4v) is 4.74. The van der Waals surface area contributed by atoms with Crippen LogP contribution in [-0.2, 0) is 12.8 Å². The van der Waals surface area contributed by atoms with Gasteiger partial charge in [0.25, 0.3) is 0 Å². The number of benzene rings is 2. The molecule has 0 aliphatic heterocycles. The van der Waals surface area contributed by atoms with E-state index >= 15 is 0 Å². The fourth-order valence-electron chi connectivity index (χ4n) is 4.74. The predicted octanol–water partition coefficient (Wildman–Crippen LogP) is 7.25.